The van der Waals surface area contributed by atoms with E-state index < -0.39 is 35.3 Å². The molecular formula is C10H13N3O6. The van der Waals surface area contributed by atoms with Gasteiger partial charge in [-0.3, -0.25) is 14.6 Å². The van der Waals surface area contributed by atoms with Gasteiger partial charge in [-0.1, -0.05) is 0 Å². The summed E-state index contributed by atoms with van der Waals surface area (Å²) < 4.78 is 0. The molecule has 0 fully saturated rings. The lowest BCUT2D eigenvalue weighted by Crippen LogP contribution is -2.48. The third-order valence-electron chi connectivity index (χ3n) is 2.23. The zero-order chi connectivity index (χ0) is 14.6. The molecule has 19 heavy (non-hydrogen) atoms. The number of aliphatic hydroxyl groups is 1. The van der Waals surface area contributed by atoms with Crippen LogP contribution >= 0.6 is 0 Å². The molecule has 0 aliphatic heterocycles. The van der Waals surface area contributed by atoms with Crippen LogP contribution in [0.1, 0.15) is 12.6 Å². The Morgan fingerprint density at radius 1 is 1.37 bits per heavy atom. The fourth-order valence-electron chi connectivity index (χ4n) is 1.40. The van der Waals surface area contributed by atoms with Crippen LogP contribution in [-0.4, -0.2) is 44.2 Å². The first-order valence-electron chi connectivity index (χ1n) is 5.32. The Morgan fingerprint density at radius 3 is 2.47 bits per heavy atom. The first-order chi connectivity index (χ1) is 8.79. The van der Waals surface area contributed by atoms with Crippen molar-refractivity contribution in [3.8, 4) is 0 Å². The molecule has 0 aliphatic carbocycles. The van der Waals surface area contributed by atoms with Crippen molar-refractivity contribution in [3.63, 3.8) is 0 Å². The summed E-state index contributed by atoms with van der Waals surface area (Å²) >= 11 is 0. The van der Waals surface area contributed by atoms with Crippen molar-refractivity contribution in [1.29, 1.82) is 0 Å². The molecule has 104 valence electrons. The Hall–Kier alpha value is -2.42. The minimum atomic E-state index is -1.46. The number of aliphatic hydroxyl groups excluding tert-OH is 1. The molecule has 0 spiro atoms. The van der Waals surface area contributed by atoms with Gasteiger partial charge in [0, 0.05) is 11.8 Å². The maximum atomic E-state index is 11.5. The molecule has 1 aromatic heterocycles. The van der Waals surface area contributed by atoms with Gasteiger partial charge in [0.2, 0.25) is 5.91 Å². The molecular weight excluding hydrogens is 258 g/mol. The lowest BCUT2D eigenvalue weighted by atomic mass is 10.1. The van der Waals surface area contributed by atoms with Crippen molar-refractivity contribution in [2.24, 2.45) is 0 Å². The van der Waals surface area contributed by atoms with Gasteiger partial charge in [0.25, 0.3) is 5.56 Å². The molecule has 0 saturated carbocycles. The summed E-state index contributed by atoms with van der Waals surface area (Å²) in [4.78, 5) is 48.4. The van der Waals surface area contributed by atoms with Crippen molar-refractivity contribution >= 4 is 11.9 Å². The zero-order valence-electron chi connectivity index (χ0n) is 9.97. The molecule has 1 amide bonds. The summed E-state index contributed by atoms with van der Waals surface area (Å²) in [5.74, 6) is -2.13. The van der Waals surface area contributed by atoms with Crippen molar-refractivity contribution in [2.45, 2.75) is 25.5 Å². The van der Waals surface area contributed by atoms with E-state index >= 15 is 0 Å². The van der Waals surface area contributed by atoms with Crippen molar-refractivity contribution in [2.75, 3.05) is 0 Å². The molecule has 9 heteroatoms. The molecule has 1 rings (SSSR count). The fourth-order valence-corrected chi connectivity index (χ4v) is 1.40. The smallest absolute Gasteiger partial charge is 0.328 e. The minimum Gasteiger partial charge on any atom is -0.480 e. The summed E-state index contributed by atoms with van der Waals surface area (Å²) in [6.45, 7) is 1.22. The number of carbonyl (C=O) groups excluding carboxylic acids is 1. The SMILES string of the molecule is C[C@@H](O)[C@H](NC(=O)Cc1cc(=O)[nH]c(=O)[nH]1)C(=O)O. The number of H-pyrrole nitrogens is 2. The van der Waals surface area contributed by atoms with E-state index in [1.165, 1.54) is 6.92 Å². The highest BCUT2D eigenvalue weighted by Gasteiger charge is 2.24. The zero-order valence-corrected chi connectivity index (χ0v) is 9.97. The Labute approximate surface area is 106 Å². The Bertz CT molecular complexity index is 559. The van der Waals surface area contributed by atoms with Gasteiger partial charge in [-0.15, -0.1) is 0 Å². The van der Waals surface area contributed by atoms with Gasteiger partial charge in [-0.2, -0.15) is 0 Å². The van der Waals surface area contributed by atoms with Gasteiger partial charge in [-0.25, -0.2) is 9.59 Å². The highest BCUT2D eigenvalue weighted by molar-refractivity contribution is 5.84. The van der Waals surface area contributed by atoms with Crippen LogP contribution in [0.25, 0.3) is 0 Å². The molecule has 2 atom stereocenters. The monoisotopic (exact) mass is 271 g/mol. The second-order valence-electron chi connectivity index (χ2n) is 3.91. The van der Waals surface area contributed by atoms with Crippen molar-refractivity contribution in [3.05, 3.63) is 32.6 Å². The number of carbonyl (C=O) groups is 2. The molecule has 0 radical (unpaired) electrons. The number of nitrogens with one attached hydrogen (secondary N) is 3. The normalized spacial score (nSPS) is 13.6. The minimum absolute atomic E-state index is 0.0426. The number of hydrogen-bond acceptors (Lipinski definition) is 5. The predicted molar refractivity (Wildman–Crippen MR) is 62.6 cm³/mol. The van der Waals surface area contributed by atoms with Crippen LogP contribution in [-0.2, 0) is 16.0 Å². The highest BCUT2D eigenvalue weighted by atomic mass is 16.4. The number of hydrogen-bond donors (Lipinski definition) is 5. The van der Waals surface area contributed by atoms with Gasteiger partial charge in [-0.05, 0) is 6.92 Å². The third-order valence-corrected chi connectivity index (χ3v) is 2.23. The molecule has 0 aliphatic rings. The maximum absolute atomic E-state index is 11.5. The Morgan fingerprint density at radius 2 is 2.00 bits per heavy atom. The van der Waals surface area contributed by atoms with E-state index in [2.05, 4.69) is 10.3 Å². The third kappa shape index (κ3) is 4.39. The number of carboxylic acid groups (broad SMARTS) is 1. The molecule has 0 aromatic carbocycles. The second-order valence-corrected chi connectivity index (χ2v) is 3.91. The van der Waals surface area contributed by atoms with Gasteiger partial charge in [0.15, 0.2) is 6.04 Å². The first kappa shape index (κ1) is 14.6. The molecule has 0 unspecified atom stereocenters. The standard InChI is InChI=1S/C10H13N3O6/c1-4(14)8(9(17)18)12-6(15)2-5-3-7(16)13-10(19)11-5/h3-4,8,14H,2H2,1H3,(H,12,15)(H,17,18)(H2,11,13,16,19)/t4-,8+/m1/s1. The Kier molecular flexibility index (Phi) is 4.59. The molecule has 0 saturated heterocycles. The topological polar surface area (TPSA) is 152 Å². The van der Waals surface area contributed by atoms with E-state index in [0.29, 0.717) is 0 Å². The number of aliphatic carboxylic acids is 1. The van der Waals surface area contributed by atoms with E-state index in [-0.39, 0.29) is 12.1 Å². The summed E-state index contributed by atoms with van der Waals surface area (Å²) in [7, 11) is 0. The van der Waals surface area contributed by atoms with E-state index in [4.69, 9.17) is 5.11 Å². The van der Waals surface area contributed by atoms with E-state index in [0.717, 1.165) is 6.07 Å². The number of amides is 1. The summed E-state index contributed by atoms with van der Waals surface area (Å²) in [5, 5.41) is 20.0. The van der Waals surface area contributed by atoms with Gasteiger partial charge in [0.1, 0.15) is 0 Å². The van der Waals surface area contributed by atoms with Crippen LogP contribution in [0.2, 0.25) is 0 Å². The molecule has 5 N–H and O–H groups in total. The molecule has 0 bridgehead atoms. The summed E-state index contributed by atoms with van der Waals surface area (Å²) in [6, 6.07) is -0.444. The van der Waals surface area contributed by atoms with Crippen LogP contribution in [0.3, 0.4) is 0 Å². The van der Waals surface area contributed by atoms with Crippen LogP contribution in [0.15, 0.2) is 15.7 Å². The average Bonchev–Trinajstić information content (AvgIpc) is 2.23. The van der Waals surface area contributed by atoms with Crippen LogP contribution in [0.4, 0.5) is 0 Å². The summed E-state index contributed by atoms with van der Waals surface area (Å²) in [5.41, 5.74) is -1.39. The lowest BCUT2D eigenvalue weighted by Gasteiger charge is -2.16. The molecule has 1 aromatic rings. The first-order valence-corrected chi connectivity index (χ1v) is 5.32. The van der Waals surface area contributed by atoms with Crippen LogP contribution < -0.4 is 16.6 Å². The average molecular weight is 271 g/mol. The van der Waals surface area contributed by atoms with E-state index in [1.54, 1.807) is 0 Å². The van der Waals surface area contributed by atoms with E-state index in [9.17, 15) is 24.3 Å². The van der Waals surface area contributed by atoms with E-state index in [1.807, 2.05) is 4.98 Å². The van der Waals surface area contributed by atoms with Crippen LogP contribution in [0.5, 0.6) is 0 Å². The Balaban J connectivity index is 2.77. The van der Waals surface area contributed by atoms with Gasteiger partial charge < -0.3 is 20.5 Å². The number of aromatic amines is 2. The number of carboxylic acids is 1. The number of aromatic nitrogens is 2. The lowest BCUT2D eigenvalue weighted by molar-refractivity contribution is -0.144. The van der Waals surface area contributed by atoms with Crippen molar-refractivity contribution < 1.29 is 19.8 Å². The largest absolute Gasteiger partial charge is 0.480 e. The quantitative estimate of drug-likeness (QED) is 0.401. The van der Waals surface area contributed by atoms with Crippen molar-refractivity contribution in [1.82, 2.24) is 15.3 Å². The van der Waals surface area contributed by atoms with Gasteiger partial charge >= 0.3 is 11.7 Å². The summed E-state index contributed by atoms with van der Waals surface area (Å²) in [6.07, 6.45) is -1.66. The molecule has 9 nitrogen and oxygen atoms in total. The predicted octanol–water partition coefficient (Wildman–Crippen LogP) is -2.44. The number of rotatable bonds is 5. The fraction of sp³-hybridized carbons (Fsp3) is 0.400. The van der Waals surface area contributed by atoms with Gasteiger partial charge in [0.05, 0.1) is 12.5 Å². The second kappa shape index (κ2) is 5.96. The maximum Gasteiger partial charge on any atom is 0.328 e. The van der Waals surface area contributed by atoms with Crippen LogP contribution in [0, 0.1) is 0 Å². The molecule has 1 heterocycles. The highest BCUT2D eigenvalue weighted by Crippen LogP contribution is 1.95.